The number of allylic oxidation sites excluding steroid dienone is 2. The molecule has 4 rings (SSSR count). The zero-order chi connectivity index (χ0) is 30.3. The van der Waals surface area contributed by atoms with Crippen molar-refractivity contribution in [3.05, 3.63) is 88.7 Å². The lowest BCUT2D eigenvalue weighted by molar-refractivity contribution is -0.169. The maximum atomic E-state index is 13.5. The quantitative estimate of drug-likeness (QED) is 0.166. The smallest absolute Gasteiger partial charge is 0.324 e. The van der Waals surface area contributed by atoms with Crippen molar-refractivity contribution in [3.63, 3.8) is 0 Å². The van der Waals surface area contributed by atoms with Gasteiger partial charge in [-0.1, -0.05) is 79.6 Å². The molecule has 1 aromatic heterocycles. The number of methoxy groups -OCH3 is 3. The van der Waals surface area contributed by atoms with Crippen molar-refractivity contribution in [2.45, 2.75) is 64.9 Å². The summed E-state index contributed by atoms with van der Waals surface area (Å²) >= 11 is 0. The van der Waals surface area contributed by atoms with Crippen molar-refractivity contribution in [3.8, 4) is 11.3 Å². The van der Waals surface area contributed by atoms with Gasteiger partial charge in [-0.05, 0) is 37.3 Å². The molecule has 0 N–H and O–H groups in total. The Bertz CT molecular complexity index is 1420. The lowest BCUT2D eigenvalue weighted by atomic mass is 9.68. The largest absolute Gasteiger partial charge is 0.468 e. The van der Waals surface area contributed by atoms with E-state index in [0.29, 0.717) is 30.8 Å². The second kappa shape index (κ2) is 13.8. The van der Waals surface area contributed by atoms with Gasteiger partial charge in [-0.25, -0.2) is 0 Å². The number of carbonyl (C=O) groups excluding carboxylic acids is 3. The Morgan fingerprint density at radius 3 is 2.02 bits per heavy atom. The average Bonchev–Trinajstić information content (AvgIpc) is 3.40. The molecule has 222 valence electrons. The first-order valence-corrected chi connectivity index (χ1v) is 14.5. The number of carbonyl (C=O) groups is 3. The Hall–Kier alpha value is -3.97. The van der Waals surface area contributed by atoms with Gasteiger partial charge in [0.25, 0.3) is 0 Å². The molecular formula is C35H40O7. The fourth-order valence-corrected chi connectivity index (χ4v) is 5.99. The summed E-state index contributed by atoms with van der Waals surface area (Å²) < 4.78 is 23.3. The van der Waals surface area contributed by atoms with Gasteiger partial charge in [0.15, 0.2) is 5.41 Å². The summed E-state index contributed by atoms with van der Waals surface area (Å²) in [6, 6.07) is 19.7. The summed E-state index contributed by atoms with van der Waals surface area (Å²) in [5.41, 5.74) is 3.67. The number of ketones is 1. The third-order valence-corrected chi connectivity index (χ3v) is 8.09. The van der Waals surface area contributed by atoms with Crippen molar-refractivity contribution in [2.75, 3.05) is 21.3 Å². The Balaban J connectivity index is 2.12. The Morgan fingerprint density at radius 2 is 1.48 bits per heavy atom. The Kier molecular flexibility index (Phi) is 10.2. The van der Waals surface area contributed by atoms with E-state index in [1.807, 2.05) is 60.7 Å². The second-order valence-electron chi connectivity index (χ2n) is 10.8. The van der Waals surface area contributed by atoms with E-state index in [4.69, 9.17) is 18.6 Å². The molecule has 1 heterocycles. The maximum absolute atomic E-state index is 13.5. The van der Waals surface area contributed by atoms with Crippen LogP contribution in [0.3, 0.4) is 0 Å². The molecule has 0 fully saturated rings. The van der Waals surface area contributed by atoms with Crippen LogP contribution in [0, 0.1) is 5.41 Å². The van der Waals surface area contributed by atoms with Crippen LogP contribution in [0.25, 0.3) is 16.9 Å². The standard InChI is InChI=1S/C35H40O7/c1-6-7-14-24(20-19-23(2)36)27-21-35(33(37)40-4,34(38)41-5)22-28-29(27)30(31(39-3)25-15-10-8-11-16-25)32(42-28)26-17-12-9-13-18-26/h8-13,15-18,31H,6-7,14,19-22H2,1-5H3/b27-24-. The fraction of sp³-hybridized carbons (Fsp3) is 0.400. The van der Waals surface area contributed by atoms with Crippen LogP contribution in [0.2, 0.25) is 0 Å². The van der Waals surface area contributed by atoms with E-state index in [1.54, 1.807) is 14.0 Å². The van der Waals surface area contributed by atoms with Crippen molar-refractivity contribution >= 4 is 23.3 Å². The van der Waals surface area contributed by atoms with E-state index in [0.717, 1.165) is 46.2 Å². The molecule has 0 spiro atoms. The molecule has 7 heteroatoms. The summed E-state index contributed by atoms with van der Waals surface area (Å²) in [5, 5.41) is 0. The highest BCUT2D eigenvalue weighted by Crippen LogP contribution is 2.53. The minimum Gasteiger partial charge on any atom is -0.468 e. The van der Waals surface area contributed by atoms with Crippen molar-refractivity contribution < 1.29 is 33.0 Å². The number of ether oxygens (including phenoxy) is 3. The van der Waals surface area contributed by atoms with Crippen LogP contribution >= 0.6 is 0 Å². The molecule has 1 aliphatic rings. The van der Waals surface area contributed by atoms with Crippen molar-refractivity contribution in [1.29, 1.82) is 0 Å². The topological polar surface area (TPSA) is 92.0 Å². The van der Waals surface area contributed by atoms with Crippen molar-refractivity contribution in [2.24, 2.45) is 5.41 Å². The summed E-state index contributed by atoms with van der Waals surface area (Å²) in [6.07, 6.45) is 2.97. The van der Waals surface area contributed by atoms with Gasteiger partial charge in [-0.3, -0.25) is 9.59 Å². The number of rotatable bonds is 12. The predicted octanol–water partition coefficient (Wildman–Crippen LogP) is 7.27. The fourth-order valence-electron chi connectivity index (χ4n) is 5.99. The van der Waals surface area contributed by atoms with E-state index >= 15 is 0 Å². The number of Topliss-reactive ketones (excluding diaryl/α,β-unsaturated/α-hetero) is 1. The first kappa shape index (κ1) is 31.0. The first-order valence-electron chi connectivity index (χ1n) is 14.5. The summed E-state index contributed by atoms with van der Waals surface area (Å²) in [6.45, 7) is 3.69. The van der Waals surface area contributed by atoms with Crippen LogP contribution in [0.5, 0.6) is 0 Å². The monoisotopic (exact) mass is 572 g/mol. The number of fused-ring (bicyclic) bond motifs is 1. The third-order valence-electron chi connectivity index (χ3n) is 8.09. The number of benzene rings is 2. The predicted molar refractivity (Wildman–Crippen MR) is 161 cm³/mol. The highest BCUT2D eigenvalue weighted by atomic mass is 16.5. The molecule has 7 nitrogen and oxygen atoms in total. The number of hydrogen-bond acceptors (Lipinski definition) is 7. The van der Waals surface area contributed by atoms with Gasteiger partial charge in [0.05, 0.1) is 14.2 Å². The molecule has 0 saturated heterocycles. The molecule has 1 aliphatic carbocycles. The van der Waals surface area contributed by atoms with Crippen LogP contribution in [0.1, 0.15) is 80.9 Å². The van der Waals surface area contributed by atoms with Crippen LogP contribution < -0.4 is 0 Å². The van der Waals surface area contributed by atoms with Gasteiger partial charge in [-0.2, -0.15) is 0 Å². The molecule has 2 aromatic carbocycles. The summed E-state index contributed by atoms with van der Waals surface area (Å²) in [7, 11) is 4.22. The Morgan fingerprint density at radius 1 is 0.857 bits per heavy atom. The molecule has 0 saturated carbocycles. The van der Waals surface area contributed by atoms with Gasteiger partial charge in [0.1, 0.15) is 23.4 Å². The maximum Gasteiger partial charge on any atom is 0.324 e. The summed E-state index contributed by atoms with van der Waals surface area (Å²) in [4.78, 5) is 39.1. The van der Waals surface area contributed by atoms with Gasteiger partial charge < -0.3 is 23.4 Å². The van der Waals surface area contributed by atoms with E-state index in [1.165, 1.54) is 14.2 Å². The number of furan rings is 1. The minimum atomic E-state index is -1.63. The van der Waals surface area contributed by atoms with E-state index < -0.39 is 23.5 Å². The average molecular weight is 573 g/mol. The minimum absolute atomic E-state index is 0.0238. The first-order chi connectivity index (χ1) is 20.3. The number of hydrogen-bond donors (Lipinski definition) is 0. The molecule has 0 amide bonds. The zero-order valence-corrected chi connectivity index (χ0v) is 25.2. The Labute approximate surface area is 247 Å². The summed E-state index contributed by atoms with van der Waals surface area (Å²) in [5.74, 6) is -0.172. The van der Waals surface area contributed by atoms with Crippen LogP contribution in [-0.2, 0) is 35.0 Å². The normalized spacial score (nSPS) is 15.8. The highest BCUT2D eigenvalue weighted by molar-refractivity contribution is 6.03. The zero-order valence-electron chi connectivity index (χ0n) is 25.2. The van der Waals surface area contributed by atoms with E-state index in [2.05, 4.69) is 6.92 Å². The molecule has 0 bridgehead atoms. The van der Waals surface area contributed by atoms with E-state index in [-0.39, 0.29) is 18.6 Å². The molecule has 42 heavy (non-hydrogen) atoms. The highest BCUT2D eigenvalue weighted by Gasteiger charge is 2.54. The third kappa shape index (κ3) is 6.12. The number of esters is 2. The molecule has 0 radical (unpaired) electrons. The van der Waals surface area contributed by atoms with Crippen LogP contribution in [0.15, 0.2) is 70.7 Å². The van der Waals surface area contributed by atoms with E-state index in [9.17, 15) is 14.4 Å². The molecule has 0 aliphatic heterocycles. The second-order valence-corrected chi connectivity index (χ2v) is 10.8. The molecule has 1 atom stereocenters. The van der Waals surface area contributed by atoms with Gasteiger partial charge >= 0.3 is 11.9 Å². The molecule has 1 unspecified atom stereocenters. The SMILES string of the molecule is CCCC/C(CCC(C)=O)=C1\CC(C(=O)OC)(C(=O)OC)Cc2oc(-c3ccccc3)c(C(OC)c3ccccc3)c21. The molecular weight excluding hydrogens is 532 g/mol. The van der Waals surface area contributed by atoms with Gasteiger partial charge in [0.2, 0.25) is 0 Å². The number of unbranched alkanes of at least 4 members (excludes halogenated alkanes) is 1. The van der Waals surface area contributed by atoms with Crippen LogP contribution in [-0.4, -0.2) is 39.1 Å². The molecule has 3 aromatic rings. The van der Waals surface area contributed by atoms with Gasteiger partial charge in [-0.15, -0.1) is 0 Å². The van der Waals surface area contributed by atoms with Crippen molar-refractivity contribution in [1.82, 2.24) is 0 Å². The van der Waals surface area contributed by atoms with Gasteiger partial charge in [0, 0.05) is 43.1 Å². The van der Waals surface area contributed by atoms with Crippen LogP contribution in [0.4, 0.5) is 0 Å². The lowest BCUT2D eigenvalue weighted by Crippen LogP contribution is -2.45. The lowest BCUT2D eigenvalue weighted by Gasteiger charge is -2.34.